The fraction of sp³-hybridized carbons (Fsp3) is 0.154. The average molecular weight is 315 g/mol. The van der Waals surface area contributed by atoms with E-state index in [0.717, 1.165) is 11.1 Å². The monoisotopic (exact) mass is 314 g/mol. The summed E-state index contributed by atoms with van der Waals surface area (Å²) < 4.78 is 0.895. The number of hydrogen-bond donors (Lipinski definition) is 2. The fourth-order valence-electron chi connectivity index (χ4n) is 1.69. The van der Waals surface area contributed by atoms with Gasteiger partial charge in [0.15, 0.2) is 0 Å². The molecule has 0 aliphatic rings. The van der Waals surface area contributed by atoms with E-state index in [1.165, 1.54) is 11.3 Å². The van der Waals surface area contributed by atoms with Gasteiger partial charge in [-0.05, 0) is 17.2 Å². The standard InChI is InChI=1S/C13H12Cl2N2OS/c14-11-5-10(12(15)19-11)13(18)17-7-9-4-2-1-3-8(9)6-16/h1-5H,6-7,16H2,(H,17,18). The Bertz CT molecular complexity index is 598. The summed E-state index contributed by atoms with van der Waals surface area (Å²) in [6.45, 7) is 0.854. The number of nitrogens with two attached hydrogens (primary N) is 1. The van der Waals surface area contributed by atoms with Crippen LogP contribution in [0, 0.1) is 0 Å². The van der Waals surface area contributed by atoms with Gasteiger partial charge in [0, 0.05) is 13.1 Å². The smallest absolute Gasteiger partial charge is 0.253 e. The third-order valence-corrected chi connectivity index (χ3v) is 4.17. The second kappa shape index (κ2) is 6.39. The van der Waals surface area contributed by atoms with E-state index < -0.39 is 0 Å². The quantitative estimate of drug-likeness (QED) is 0.908. The van der Waals surface area contributed by atoms with Crippen molar-refractivity contribution in [2.24, 2.45) is 5.73 Å². The molecule has 0 aliphatic heterocycles. The van der Waals surface area contributed by atoms with Crippen molar-refractivity contribution in [2.45, 2.75) is 13.1 Å². The lowest BCUT2D eigenvalue weighted by Gasteiger charge is -2.08. The predicted molar refractivity (Wildman–Crippen MR) is 79.8 cm³/mol. The fourth-order valence-corrected chi connectivity index (χ4v) is 3.15. The first-order valence-corrected chi connectivity index (χ1v) is 7.19. The topological polar surface area (TPSA) is 55.1 Å². The first-order valence-electron chi connectivity index (χ1n) is 5.61. The van der Waals surface area contributed by atoms with Gasteiger partial charge in [-0.1, -0.05) is 47.5 Å². The number of thiophene rings is 1. The summed E-state index contributed by atoms with van der Waals surface area (Å²) in [5, 5.41) is 2.81. The molecule has 3 nitrogen and oxygen atoms in total. The molecule has 1 aromatic heterocycles. The van der Waals surface area contributed by atoms with Crippen LogP contribution in [0.4, 0.5) is 0 Å². The molecule has 1 aromatic carbocycles. The van der Waals surface area contributed by atoms with Crippen molar-refractivity contribution in [3.8, 4) is 0 Å². The average Bonchev–Trinajstić information content (AvgIpc) is 2.75. The number of carbonyl (C=O) groups is 1. The zero-order valence-corrected chi connectivity index (χ0v) is 12.3. The molecule has 19 heavy (non-hydrogen) atoms. The molecule has 1 heterocycles. The Morgan fingerprint density at radius 1 is 1.26 bits per heavy atom. The molecule has 2 rings (SSSR count). The molecule has 0 saturated heterocycles. The van der Waals surface area contributed by atoms with Crippen LogP contribution >= 0.6 is 34.5 Å². The summed E-state index contributed by atoms with van der Waals surface area (Å²) in [6.07, 6.45) is 0. The van der Waals surface area contributed by atoms with E-state index in [2.05, 4.69) is 5.32 Å². The van der Waals surface area contributed by atoms with Crippen molar-refractivity contribution in [3.63, 3.8) is 0 Å². The normalized spacial score (nSPS) is 10.5. The van der Waals surface area contributed by atoms with Crippen LogP contribution in [0.1, 0.15) is 21.5 Å². The third kappa shape index (κ3) is 3.48. The number of carbonyl (C=O) groups excluding carboxylic acids is 1. The van der Waals surface area contributed by atoms with Crippen LogP contribution in [-0.4, -0.2) is 5.91 Å². The molecule has 0 radical (unpaired) electrons. The maximum atomic E-state index is 12.0. The Kier molecular flexibility index (Phi) is 4.82. The van der Waals surface area contributed by atoms with Crippen LogP contribution < -0.4 is 11.1 Å². The highest BCUT2D eigenvalue weighted by Gasteiger charge is 2.14. The lowest BCUT2D eigenvalue weighted by atomic mass is 10.1. The van der Waals surface area contributed by atoms with Crippen molar-refractivity contribution in [2.75, 3.05) is 0 Å². The van der Waals surface area contributed by atoms with Gasteiger partial charge in [0.05, 0.1) is 9.90 Å². The molecule has 0 fully saturated rings. The van der Waals surface area contributed by atoms with Gasteiger partial charge in [-0.25, -0.2) is 0 Å². The van der Waals surface area contributed by atoms with Crippen LogP contribution in [0.3, 0.4) is 0 Å². The SMILES string of the molecule is NCc1ccccc1CNC(=O)c1cc(Cl)sc1Cl. The Labute approximate surface area is 125 Å². The molecule has 0 atom stereocenters. The van der Waals surface area contributed by atoms with Gasteiger partial charge in [0.2, 0.25) is 0 Å². The molecular formula is C13H12Cl2N2OS. The van der Waals surface area contributed by atoms with E-state index in [-0.39, 0.29) is 5.91 Å². The lowest BCUT2D eigenvalue weighted by molar-refractivity contribution is 0.0951. The largest absolute Gasteiger partial charge is 0.348 e. The summed E-state index contributed by atoms with van der Waals surface area (Å²) in [4.78, 5) is 12.0. The van der Waals surface area contributed by atoms with Gasteiger partial charge in [-0.3, -0.25) is 4.79 Å². The highest BCUT2D eigenvalue weighted by molar-refractivity contribution is 7.20. The van der Waals surface area contributed by atoms with Crippen molar-refractivity contribution < 1.29 is 4.79 Å². The number of rotatable bonds is 4. The zero-order chi connectivity index (χ0) is 13.8. The van der Waals surface area contributed by atoms with Crippen molar-refractivity contribution >= 4 is 40.4 Å². The van der Waals surface area contributed by atoms with Crippen molar-refractivity contribution in [1.29, 1.82) is 0 Å². The van der Waals surface area contributed by atoms with E-state index in [9.17, 15) is 4.79 Å². The second-order valence-electron chi connectivity index (χ2n) is 3.89. The summed E-state index contributed by atoms with van der Waals surface area (Å²) >= 11 is 12.9. The van der Waals surface area contributed by atoms with Gasteiger partial charge in [0.25, 0.3) is 5.91 Å². The molecule has 1 amide bonds. The van der Waals surface area contributed by atoms with Crippen molar-refractivity contribution in [1.82, 2.24) is 5.32 Å². The third-order valence-electron chi connectivity index (χ3n) is 2.68. The molecule has 6 heteroatoms. The predicted octanol–water partition coefficient (Wildman–Crippen LogP) is 3.44. The number of amides is 1. The van der Waals surface area contributed by atoms with E-state index in [1.807, 2.05) is 24.3 Å². The van der Waals surface area contributed by atoms with Gasteiger partial charge in [-0.15, -0.1) is 11.3 Å². The maximum absolute atomic E-state index is 12.0. The molecular weight excluding hydrogens is 303 g/mol. The summed E-state index contributed by atoms with van der Waals surface area (Å²) in [7, 11) is 0. The minimum atomic E-state index is -0.236. The highest BCUT2D eigenvalue weighted by Crippen LogP contribution is 2.31. The first-order chi connectivity index (χ1) is 9.11. The second-order valence-corrected chi connectivity index (χ2v) is 6.18. The van der Waals surface area contributed by atoms with Crippen LogP contribution in [0.2, 0.25) is 8.67 Å². The summed E-state index contributed by atoms with van der Waals surface area (Å²) in [5.74, 6) is -0.236. The Morgan fingerprint density at radius 2 is 1.95 bits per heavy atom. The van der Waals surface area contributed by atoms with E-state index >= 15 is 0 Å². The summed E-state index contributed by atoms with van der Waals surface area (Å²) in [6, 6.07) is 9.28. The van der Waals surface area contributed by atoms with E-state index in [1.54, 1.807) is 6.07 Å². The highest BCUT2D eigenvalue weighted by atomic mass is 35.5. The summed E-state index contributed by atoms with van der Waals surface area (Å²) in [5.41, 5.74) is 8.06. The van der Waals surface area contributed by atoms with Crippen LogP contribution in [0.25, 0.3) is 0 Å². The van der Waals surface area contributed by atoms with Gasteiger partial charge in [-0.2, -0.15) is 0 Å². The van der Waals surface area contributed by atoms with Crippen LogP contribution in [0.5, 0.6) is 0 Å². The Hall–Kier alpha value is -1.07. The molecule has 100 valence electrons. The maximum Gasteiger partial charge on any atom is 0.253 e. The van der Waals surface area contributed by atoms with Crippen molar-refractivity contribution in [3.05, 3.63) is 55.7 Å². The minimum absolute atomic E-state index is 0.236. The van der Waals surface area contributed by atoms with Crippen LogP contribution in [-0.2, 0) is 13.1 Å². The number of halogens is 2. The lowest BCUT2D eigenvalue weighted by Crippen LogP contribution is -2.23. The first kappa shape index (κ1) is 14.3. The van der Waals surface area contributed by atoms with E-state index in [4.69, 9.17) is 28.9 Å². The zero-order valence-electron chi connectivity index (χ0n) is 9.95. The molecule has 0 saturated carbocycles. The number of hydrogen-bond acceptors (Lipinski definition) is 3. The molecule has 2 aromatic rings. The van der Waals surface area contributed by atoms with Gasteiger partial charge >= 0.3 is 0 Å². The van der Waals surface area contributed by atoms with Gasteiger partial charge < -0.3 is 11.1 Å². The minimum Gasteiger partial charge on any atom is -0.348 e. The van der Waals surface area contributed by atoms with E-state index in [0.29, 0.717) is 27.3 Å². The molecule has 0 aliphatic carbocycles. The Morgan fingerprint density at radius 3 is 2.53 bits per heavy atom. The number of nitrogens with one attached hydrogen (secondary N) is 1. The van der Waals surface area contributed by atoms with Gasteiger partial charge in [0.1, 0.15) is 4.34 Å². The van der Waals surface area contributed by atoms with Crippen LogP contribution in [0.15, 0.2) is 30.3 Å². The molecule has 0 spiro atoms. The number of benzene rings is 1. The molecule has 0 unspecified atom stereocenters. The molecule has 3 N–H and O–H groups in total. The Balaban J connectivity index is 2.06. The molecule has 0 bridgehead atoms.